The molecule has 1 aromatic carbocycles. The minimum atomic E-state index is 0.272. The molecule has 0 aromatic heterocycles. The fourth-order valence-electron chi connectivity index (χ4n) is 3.13. The third-order valence-corrected chi connectivity index (χ3v) is 5.93. The van der Waals surface area contributed by atoms with Crippen LogP contribution in [0.2, 0.25) is 0 Å². The van der Waals surface area contributed by atoms with Gasteiger partial charge in [-0.1, -0.05) is 36.4 Å². The maximum absolute atomic E-state index is 6.14. The molecule has 4 heteroatoms. The van der Waals surface area contributed by atoms with Crippen LogP contribution in [0.5, 0.6) is 0 Å². The number of hydrogen-bond acceptors (Lipinski definition) is 3. The number of alkyl halides is 1. The zero-order valence-electron chi connectivity index (χ0n) is 13.1. The Kier molecular flexibility index (Phi) is 6.25. The number of halogens is 1. The van der Waals surface area contributed by atoms with Crippen LogP contribution in [0.4, 0.5) is 0 Å². The van der Waals surface area contributed by atoms with E-state index in [9.17, 15) is 0 Å². The lowest BCUT2D eigenvalue weighted by molar-refractivity contribution is 0.141. The van der Waals surface area contributed by atoms with E-state index in [-0.39, 0.29) is 4.71 Å². The van der Waals surface area contributed by atoms with Crippen molar-refractivity contribution in [2.75, 3.05) is 39.3 Å². The van der Waals surface area contributed by atoms with Crippen LogP contribution in [0.15, 0.2) is 41.3 Å². The Bertz CT molecular complexity index is 483. The number of piperazine rings is 1. The highest BCUT2D eigenvalue weighted by Crippen LogP contribution is 2.35. The molecule has 0 amide bonds. The molecular weight excluding hydrogens is 312 g/mol. The second-order valence-electron chi connectivity index (χ2n) is 6.14. The van der Waals surface area contributed by atoms with E-state index in [2.05, 4.69) is 46.2 Å². The van der Waals surface area contributed by atoms with Crippen molar-refractivity contribution in [3.8, 4) is 0 Å². The summed E-state index contributed by atoms with van der Waals surface area (Å²) >= 11 is 7.98. The summed E-state index contributed by atoms with van der Waals surface area (Å²) in [5.41, 5.74) is 1.46. The SMILES string of the molecule is ClC1CC=C(CN2CCN(CCCc3ccccc3)CC2)S1. The Balaban J connectivity index is 1.32. The first-order chi connectivity index (χ1) is 10.8. The van der Waals surface area contributed by atoms with Gasteiger partial charge in [-0.25, -0.2) is 0 Å². The van der Waals surface area contributed by atoms with E-state index < -0.39 is 0 Å². The molecule has 0 bridgehead atoms. The summed E-state index contributed by atoms with van der Waals surface area (Å²) < 4.78 is 0.272. The third-order valence-electron chi connectivity index (χ3n) is 4.44. The standard InChI is InChI=1S/C18H25ClN2S/c19-18-9-8-17(22-18)15-21-13-11-20(12-14-21)10-4-7-16-5-2-1-3-6-16/h1-3,5-6,8,18H,4,7,9-15H2. The molecular formula is C18H25ClN2S. The third kappa shape index (κ3) is 5.02. The number of thioether (sulfide) groups is 1. The van der Waals surface area contributed by atoms with Gasteiger partial charge in [0, 0.05) is 32.7 Å². The van der Waals surface area contributed by atoms with E-state index >= 15 is 0 Å². The lowest BCUT2D eigenvalue weighted by atomic mass is 10.1. The van der Waals surface area contributed by atoms with Gasteiger partial charge in [0.1, 0.15) is 0 Å². The second kappa shape index (κ2) is 8.39. The summed E-state index contributed by atoms with van der Waals surface area (Å²) in [5.74, 6) is 0. The summed E-state index contributed by atoms with van der Waals surface area (Å²) in [4.78, 5) is 6.65. The topological polar surface area (TPSA) is 6.48 Å². The normalized spacial score (nSPS) is 23.7. The molecule has 1 fully saturated rings. The van der Waals surface area contributed by atoms with E-state index in [1.54, 1.807) is 0 Å². The molecule has 0 radical (unpaired) electrons. The first-order valence-corrected chi connectivity index (χ1v) is 9.59. The highest BCUT2D eigenvalue weighted by atomic mass is 35.5. The highest BCUT2D eigenvalue weighted by Gasteiger charge is 2.21. The molecule has 0 N–H and O–H groups in total. The number of aryl methyl sites for hydroxylation is 1. The van der Waals surface area contributed by atoms with Gasteiger partial charge in [-0.15, -0.1) is 23.4 Å². The zero-order valence-corrected chi connectivity index (χ0v) is 14.7. The molecule has 2 heterocycles. The molecule has 2 nitrogen and oxygen atoms in total. The van der Waals surface area contributed by atoms with Crippen LogP contribution in [-0.4, -0.2) is 53.8 Å². The Morgan fingerprint density at radius 2 is 1.77 bits per heavy atom. The Labute approximate surface area is 143 Å². The summed E-state index contributed by atoms with van der Waals surface area (Å²) in [5, 5.41) is 0. The molecule has 2 aliphatic heterocycles. The predicted octanol–water partition coefficient (Wildman–Crippen LogP) is 3.82. The van der Waals surface area contributed by atoms with Crippen LogP contribution in [0.1, 0.15) is 18.4 Å². The van der Waals surface area contributed by atoms with Crippen LogP contribution in [0.3, 0.4) is 0 Å². The van der Waals surface area contributed by atoms with E-state index in [4.69, 9.17) is 11.6 Å². The smallest absolute Gasteiger partial charge is 0.0867 e. The molecule has 1 atom stereocenters. The van der Waals surface area contributed by atoms with Crippen LogP contribution in [0.25, 0.3) is 0 Å². The first kappa shape index (κ1) is 16.4. The average molecular weight is 337 g/mol. The van der Waals surface area contributed by atoms with E-state index in [1.807, 2.05) is 11.8 Å². The lowest BCUT2D eigenvalue weighted by Crippen LogP contribution is -2.46. The fourth-order valence-corrected chi connectivity index (χ4v) is 4.53. The lowest BCUT2D eigenvalue weighted by Gasteiger charge is -2.34. The van der Waals surface area contributed by atoms with Crippen molar-refractivity contribution >= 4 is 23.4 Å². The van der Waals surface area contributed by atoms with Crippen molar-refractivity contribution in [2.24, 2.45) is 0 Å². The van der Waals surface area contributed by atoms with Gasteiger partial charge in [-0.05, 0) is 36.3 Å². The Morgan fingerprint density at radius 1 is 1.05 bits per heavy atom. The van der Waals surface area contributed by atoms with Gasteiger partial charge in [-0.3, -0.25) is 4.90 Å². The molecule has 2 aliphatic rings. The first-order valence-electron chi connectivity index (χ1n) is 8.28. The van der Waals surface area contributed by atoms with Crippen molar-refractivity contribution in [1.82, 2.24) is 9.80 Å². The van der Waals surface area contributed by atoms with E-state index in [0.29, 0.717) is 0 Å². The van der Waals surface area contributed by atoms with Gasteiger partial charge < -0.3 is 4.90 Å². The van der Waals surface area contributed by atoms with Crippen LogP contribution < -0.4 is 0 Å². The molecule has 120 valence electrons. The maximum Gasteiger partial charge on any atom is 0.0867 e. The molecule has 22 heavy (non-hydrogen) atoms. The molecule has 1 aromatic rings. The Morgan fingerprint density at radius 3 is 2.45 bits per heavy atom. The summed E-state index contributed by atoms with van der Waals surface area (Å²) in [6.45, 7) is 7.12. The molecule has 1 unspecified atom stereocenters. The zero-order chi connectivity index (χ0) is 15.2. The largest absolute Gasteiger partial charge is 0.301 e. The van der Waals surface area contributed by atoms with Gasteiger partial charge in [0.2, 0.25) is 0 Å². The molecule has 0 spiro atoms. The van der Waals surface area contributed by atoms with Crippen molar-refractivity contribution in [1.29, 1.82) is 0 Å². The van der Waals surface area contributed by atoms with Crippen molar-refractivity contribution in [3.63, 3.8) is 0 Å². The number of rotatable bonds is 6. The fraction of sp³-hybridized carbons (Fsp3) is 0.556. The summed E-state index contributed by atoms with van der Waals surface area (Å²) in [7, 11) is 0. The molecule has 0 saturated carbocycles. The van der Waals surface area contributed by atoms with Gasteiger partial charge in [0.05, 0.1) is 4.71 Å². The molecule has 3 rings (SSSR count). The van der Waals surface area contributed by atoms with Gasteiger partial charge >= 0.3 is 0 Å². The van der Waals surface area contributed by atoms with Gasteiger partial charge in [0.25, 0.3) is 0 Å². The predicted molar refractivity (Wildman–Crippen MR) is 97.6 cm³/mol. The summed E-state index contributed by atoms with van der Waals surface area (Å²) in [6, 6.07) is 10.8. The number of allylic oxidation sites excluding steroid dienone is 1. The van der Waals surface area contributed by atoms with Crippen LogP contribution in [-0.2, 0) is 6.42 Å². The van der Waals surface area contributed by atoms with Gasteiger partial charge in [0.15, 0.2) is 0 Å². The van der Waals surface area contributed by atoms with Crippen molar-refractivity contribution in [3.05, 3.63) is 46.9 Å². The highest BCUT2D eigenvalue weighted by molar-refractivity contribution is 8.05. The van der Waals surface area contributed by atoms with Crippen LogP contribution >= 0.6 is 23.4 Å². The van der Waals surface area contributed by atoms with E-state index in [0.717, 1.165) is 13.0 Å². The Hall–Kier alpha value is -0.480. The summed E-state index contributed by atoms with van der Waals surface area (Å²) in [6.07, 6.45) is 5.80. The average Bonchev–Trinajstić information content (AvgIpc) is 2.95. The number of hydrogen-bond donors (Lipinski definition) is 0. The molecule has 1 saturated heterocycles. The van der Waals surface area contributed by atoms with Gasteiger partial charge in [-0.2, -0.15) is 0 Å². The minimum absolute atomic E-state index is 0.272. The second-order valence-corrected chi connectivity index (χ2v) is 8.26. The minimum Gasteiger partial charge on any atom is -0.301 e. The molecule has 0 aliphatic carbocycles. The number of nitrogens with zero attached hydrogens (tertiary/aromatic N) is 2. The van der Waals surface area contributed by atoms with Crippen molar-refractivity contribution < 1.29 is 0 Å². The van der Waals surface area contributed by atoms with Crippen molar-refractivity contribution in [2.45, 2.75) is 24.0 Å². The maximum atomic E-state index is 6.14. The monoisotopic (exact) mass is 336 g/mol. The number of benzene rings is 1. The quantitative estimate of drug-likeness (QED) is 0.729. The van der Waals surface area contributed by atoms with E-state index in [1.165, 1.54) is 56.0 Å². The van der Waals surface area contributed by atoms with Crippen LogP contribution in [0, 0.1) is 0 Å².